The first-order valence-electron chi connectivity index (χ1n) is 9.82. The van der Waals surface area contributed by atoms with E-state index in [0.717, 1.165) is 4.31 Å². The molecule has 33 heavy (non-hydrogen) atoms. The van der Waals surface area contributed by atoms with Gasteiger partial charge in [0.15, 0.2) is 0 Å². The van der Waals surface area contributed by atoms with Gasteiger partial charge in [0.1, 0.15) is 6.54 Å². The molecule has 0 aliphatic carbocycles. The molecule has 0 aromatic heterocycles. The summed E-state index contributed by atoms with van der Waals surface area (Å²) in [6.45, 7) is 1.39. The van der Waals surface area contributed by atoms with E-state index >= 15 is 0 Å². The first-order valence-corrected chi connectivity index (χ1v) is 12.0. The van der Waals surface area contributed by atoms with Crippen molar-refractivity contribution in [2.24, 2.45) is 0 Å². The molecule has 0 spiro atoms. The number of halogens is 2. The highest BCUT2D eigenvalue weighted by molar-refractivity contribution is 7.92. The van der Waals surface area contributed by atoms with E-state index < -0.39 is 28.4 Å². The second-order valence-electron chi connectivity index (χ2n) is 6.76. The monoisotopic (exact) mass is 506 g/mol. The van der Waals surface area contributed by atoms with Crippen molar-refractivity contribution in [3.05, 3.63) is 88.4 Å². The summed E-state index contributed by atoms with van der Waals surface area (Å²) in [6.07, 6.45) is 0. The molecule has 3 rings (SSSR count). The molecule has 0 fully saturated rings. The number of hydrogen-bond acceptors (Lipinski definition) is 5. The molecular formula is C23H20Cl2N2O5S. The number of sulfonamides is 1. The standard InChI is InChI=1S/C23H20Cl2N2O5S/c1-2-32-23(29)16-8-13-21(20(25)14-16)26-22(28)15-27(18-6-4-3-5-7-18)33(30,31)19-11-9-17(24)10-12-19/h3-14H,2,15H2,1H3,(H,26,28). The Morgan fingerprint density at radius 3 is 2.24 bits per heavy atom. The summed E-state index contributed by atoms with van der Waals surface area (Å²) >= 11 is 12.1. The highest BCUT2D eigenvalue weighted by Gasteiger charge is 2.27. The van der Waals surface area contributed by atoms with Crippen molar-refractivity contribution in [1.29, 1.82) is 0 Å². The largest absolute Gasteiger partial charge is 0.462 e. The summed E-state index contributed by atoms with van der Waals surface area (Å²) in [6, 6.07) is 18.2. The van der Waals surface area contributed by atoms with Crippen LogP contribution in [0.1, 0.15) is 17.3 Å². The molecular weight excluding hydrogens is 487 g/mol. The molecule has 7 nitrogen and oxygen atoms in total. The number of rotatable bonds is 8. The molecule has 0 atom stereocenters. The third kappa shape index (κ3) is 6.04. The zero-order valence-corrected chi connectivity index (χ0v) is 19.8. The van der Waals surface area contributed by atoms with Crippen molar-refractivity contribution in [3.8, 4) is 0 Å². The third-order valence-electron chi connectivity index (χ3n) is 4.49. The molecule has 0 heterocycles. The predicted molar refractivity (Wildman–Crippen MR) is 128 cm³/mol. The summed E-state index contributed by atoms with van der Waals surface area (Å²) in [5.41, 5.74) is 0.772. The average molecular weight is 507 g/mol. The zero-order chi connectivity index (χ0) is 24.0. The Balaban J connectivity index is 1.86. The van der Waals surface area contributed by atoms with Crippen LogP contribution in [-0.4, -0.2) is 33.4 Å². The Morgan fingerprint density at radius 1 is 0.970 bits per heavy atom. The van der Waals surface area contributed by atoms with Crippen LogP contribution in [0.15, 0.2) is 77.7 Å². The van der Waals surface area contributed by atoms with Gasteiger partial charge < -0.3 is 10.1 Å². The van der Waals surface area contributed by atoms with Gasteiger partial charge in [-0.1, -0.05) is 41.4 Å². The van der Waals surface area contributed by atoms with Crippen LogP contribution in [0.2, 0.25) is 10.0 Å². The smallest absolute Gasteiger partial charge is 0.338 e. The van der Waals surface area contributed by atoms with Gasteiger partial charge in [0.05, 0.1) is 33.5 Å². The van der Waals surface area contributed by atoms with Gasteiger partial charge in [-0.2, -0.15) is 0 Å². The van der Waals surface area contributed by atoms with Crippen LogP contribution in [-0.2, 0) is 19.6 Å². The summed E-state index contributed by atoms with van der Waals surface area (Å²) in [4.78, 5) is 24.6. The van der Waals surface area contributed by atoms with E-state index in [2.05, 4.69) is 5.32 Å². The molecule has 172 valence electrons. The summed E-state index contributed by atoms with van der Waals surface area (Å²) in [7, 11) is -4.07. The van der Waals surface area contributed by atoms with Crippen LogP contribution in [0, 0.1) is 0 Å². The predicted octanol–water partition coefficient (Wildman–Crippen LogP) is 5.00. The van der Waals surface area contributed by atoms with Crippen LogP contribution in [0.3, 0.4) is 0 Å². The minimum atomic E-state index is -4.07. The van der Waals surface area contributed by atoms with Crippen LogP contribution in [0.4, 0.5) is 11.4 Å². The normalized spacial score (nSPS) is 11.0. The maximum atomic E-state index is 13.3. The Labute approximate surface area is 201 Å². The molecule has 3 aromatic carbocycles. The number of carbonyl (C=O) groups excluding carboxylic acids is 2. The quantitative estimate of drug-likeness (QED) is 0.433. The molecule has 0 bridgehead atoms. The molecule has 0 unspecified atom stereocenters. The highest BCUT2D eigenvalue weighted by atomic mass is 35.5. The Hall–Kier alpha value is -3.07. The van der Waals surface area contributed by atoms with E-state index in [1.54, 1.807) is 37.3 Å². The van der Waals surface area contributed by atoms with Crippen LogP contribution in [0.5, 0.6) is 0 Å². The van der Waals surface area contributed by atoms with Gasteiger partial charge in [-0.3, -0.25) is 9.10 Å². The molecule has 1 N–H and O–H groups in total. The fraction of sp³-hybridized carbons (Fsp3) is 0.130. The Morgan fingerprint density at radius 2 is 1.64 bits per heavy atom. The van der Waals surface area contributed by atoms with E-state index in [0.29, 0.717) is 10.7 Å². The van der Waals surface area contributed by atoms with Crippen molar-refractivity contribution >= 4 is 56.5 Å². The molecule has 1 amide bonds. The molecule has 0 aliphatic rings. The van der Waals surface area contributed by atoms with Gasteiger partial charge in [-0.25, -0.2) is 13.2 Å². The maximum absolute atomic E-state index is 13.3. The second-order valence-corrected chi connectivity index (χ2v) is 9.47. The lowest BCUT2D eigenvalue weighted by Gasteiger charge is -2.24. The number of carbonyl (C=O) groups is 2. The van der Waals surface area contributed by atoms with Crippen LogP contribution >= 0.6 is 23.2 Å². The van der Waals surface area contributed by atoms with Gasteiger partial charge in [0.25, 0.3) is 10.0 Å². The second kappa shape index (κ2) is 10.7. The van der Waals surface area contributed by atoms with Crippen molar-refractivity contribution < 1.29 is 22.7 Å². The van der Waals surface area contributed by atoms with E-state index in [4.69, 9.17) is 27.9 Å². The fourth-order valence-corrected chi connectivity index (χ4v) is 4.70. The van der Waals surface area contributed by atoms with Gasteiger partial charge in [-0.15, -0.1) is 0 Å². The van der Waals surface area contributed by atoms with E-state index in [1.807, 2.05) is 0 Å². The van der Waals surface area contributed by atoms with Crippen LogP contribution in [0.25, 0.3) is 0 Å². The van der Waals surface area contributed by atoms with Gasteiger partial charge >= 0.3 is 5.97 Å². The summed E-state index contributed by atoms with van der Waals surface area (Å²) in [5.74, 6) is -1.16. The number of para-hydroxylation sites is 1. The van der Waals surface area contributed by atoms with E-state index in [-0.39, 0.29) is 27.8 Å². The van der Waals surface area contributed by atoms with Gasteiger partial charge in [0.2, 0.25) is 5.91 Å². The highest BCUT2D eigenvalue weighted by Crippen LogP contribution is 2.26. The lowest BCUT2D eigenvalue weighted by molar-refractivity contribution is -0.114. The lowest BCUT2D eigenvalue weighted by Crippen LogP contribution is -2.38. The van der Waals surface area contributed by atoms with Gasteiger partial charge in [0, 0.05) is 5.02 Å². The minimum Gasteiger partial charge on any atom is -0.462 e. The van der Waals surface area contributed by atoms with Crippen molar-refractivity contribution in [2.45, 2.75) is 11.8 Å². The van der Waals surface area contributed by atoms with Crippen molar-refractivity contribution in [3.63, 3.8) is 0 Å². The number of benzene rings is 3. The average Bonchev–Trinajstić information content (AvgIpc) is 2.79. The summed E-state index contributed by atoms with van der Waals surface area (Å²) in [5, 5.41) is 3.09. The zero-order valence-electron chi connectivity index (χ0n) is 17.5. The minimum absolute atomic E-state index is 0.0135. The molecule has 0 saturated heterocycles. The number of amides is 1. The number of nitrogens with one attached hydrogen (secondary N) is 1. The van der Waals surface area contributed by atoms with E-state index in [9.17, 15) is 18.0 Å². The first-order chi connectivity index (χ1) is 15.7. The molecule has 3 aromatic rings. The van der Waals surface area contributed by atoms with Crippen molar-refractivity contribution in [2.75, 3.05) is 22.8 Å². The number of nitrogens with zero attached hydrogens (tertiary/aromatic N) is 1. The van der Waals surface area contributed by atoms with E-state index in [1.165, 1.54) is 42.5 Å². The molecule has 10 heteroatoms. The lowest BCUT2D eigenvalue weighted by atomic mass is 10.2. The number of hydrogen-bond donors (Lipinski definition) is 1. The Bertz CT molecular complexity index is 1250. The molecule has 0 saturated carbocycles. The van der Waals surface area contributed by atoms with Gasteiger partial charge in [-0.05, 0) is 61.5 Å². The fourth-order valence-electron chi connectivity index (χ4n) is 2.92. The third-order valence-corrected chi connectivity index (χ3v) is 6.84. The maximum Gasteiger partial charge on any atom is 0.338 e. The SMILES string of the molecule is CCOC(=O)c1ccc(NC(=O)CN(c2ccccc2)S(=O)(=O)c2ccc(Cl)cc2)c(Cl)c1. The number of ether oxygens (including phenoxy) is 1. The number of esters is 1. The number of anilines is 2. The van der Waals surface area contributed by atoms with Crippen LogP contribution < -0.4 is 9.62 Å². The Kier molecular flexibility index (Phi) is 7.97. The van der Waals surface area contributed by atoms with Crippen molar-refractivity contribution in [1.82, 2.24) is 0 Å². The summed E-state index contributed by atoms with van der Waals surface area (Å²) < 4.78 is 32.5. The molecule has 0 radical (unpaired) electrons. The topological polar surface area (TPSA) is 92.8 Å². The first kappa shape index (κ1) is 24.6. The molecule has 0 aliphatic heterocycles.